The maximum atomic E-state index is 12.0. The van der Waals surface area contributed by atoms with Gasteiger partial charge >= 0.3 is 0 Å². The average Bonchev–Trinajstić information content (AvgIpc) is 2.79. The number of nitrogens with two attached hydrogens (primary N) is 1. The monoisotopic (exact) mass is 274 g/mol. The van der Waals surface area contributed by atoms with Gasteiger partial charge in [0.1, 0.15) is 6.04 Å². The Kier molecular flexibility index (Phi) is 4.77. The first kappa shape index (κ1) is 14.6. The summed E-state index contributed by atoms with van der Waals surface area (Å²) in [4.78, 5) is 25.1. The zero-order valence-corrected chi connectivity index (χ0v) is 11.9. The van der Waals surface area contributed by atoms with E-state index in [4.69, 9.17) is 5.73 Å². The molecule has 4 heteroatoms. The topological polar surface area (TPSA) is 63.4 Å². The third-order valence-corrected chi connectivity index (χ3v) is 4.01. The summed E-state index contributed by atoms with van der Waals surface area (Å²) in [6, 6.07) is 9.83. The molecule has 1 fully saturated rings. The van der Waals surface area contributed by atoms with Crippen LogP contribution in [0.15, 0.2) is 30.3 Å². The maximum absolute atomic E-state index is 12.0. The molecule has 1 heterocycles. The highest BCUT2D eigenvalue weighted by Gasteiger charge is 2.35. The maximum Gasteiger partial charge on any atom is 0.240 e. The first-order chi connectivity index (χ1) is 9.61. The third-order valence-electron chi connectivity index (χ3n) is 4.01. The minimum absolute atomic E-state index is 0.0636. The van der Waals surface area contributed by atoms with Crippen molar-refractivity contribution in [3.05, 3.63) is 35.9 Å². The largest absolute Gasteiger partial charge is 0.368 e. The molecular weight excluding hydrogens is 252 g/mol. The average molecular weight is 274 g/mol. The molecule has 0 aliphatic carbocycles. The van der Waals surface area contributed by atoms with Crippen LogP contribution in [0, 0.1) is 5.92 Å². The summed E-state index contributed by atoms with van der Waals surface area (Å²) >= 11 is 0. The van der Waals surface area contributed by atoms with Crippen molar-refractivity contribution in [1.82, 2.24) is 4.90 Å². The Morgan fingerprint density at radius 1 is 1.40 bits per heavy atom. The Hall–Kier alpha value is -1.84. The second-order valence-electron chi connectivity index (χ2n) is 5.47. The minimum atomic E-state index is -0.441. The molecule has 1 saturated heterocycles. The molecule has 0 spiro atoms. The lowest BCUT2D eigenvalue weighted by molar-refractivity contribution is -0.136. The van der Waals surface area contributed by atoms with Gasteiger partial charge in [-0.3, -0.25) is 9.59 Å². The fourth-order valence-corrected chi connectivity index (χ4v) is 2.89. The Labute approximate surface area is 119 Å². The Morgan fingerprint density at radius 2 is 2.10 bits per heavy atom. The summed E-state index contributed by atoms with van der Waals surface area (Å²) in [7, 11) is 0. The van der Waals surface area contributed by atoms with Gasteiger partial charge in [-0.05, 0) is 30.7 Å². The van der Waals surface area contributed by atoms with Crippen LogP contribution in [0.25, 0.3) is 0 Å². The molecule has 2 atom stereocenters. The summed E-state index contributed by atoms with van der Waals surface area (Å²) in [6.07, 6.45) is 3.07. The smallest absolute Gasteiger partial charge is 0.240 e. The summed E-state index contributed by atoms with van der Waals surface area (Å²) in [5.41, 5.74) is 6.66. The molecule has 0 bridgehead atoms. The van der Waals surface area contributed by atoms with Gasteiger partial charge in [0.15, 0.2) is 0 Å². The quantitative estimate of drug-likeness (QED) is 0.858. The van der Waals surface area contributed by atoms with Gasteiger partial charge in [0.2, 0.25) is 11.8 Å². The molecule has 2 rings (SSSR count). The number of likely N-dealkylation sites (tertiary alicyclic amines) is 1. The zero-order valence-electron chi connectivity index (χ0n) is 11.9. The Balaban J connectivity index is 1.90. The molecule has 0 saturated carbocycles. The van der Waals surface area contributed by atoms with Crippen molar-refractivity contribution < 1.29 is 9.59 Å². The fraction of sp³-hybridized carbons (Fsp3) is 0.500. The highest BCUT2D eigenvalue weighted by Crippen LogP contribution is 2.25. The molecule has 1 aromatic rings. The SMILES string of the molecule is CCC(C(N)=O)N1CC(CCc2ccccc2)CC1=O. The number of aryl methyl sites for hydroxylation is 1. The first-order valence-corrected chi connectivity index (χ1v) is 7.24. The summed E-state index contributed by atoms with van der Waals surface area (Å²) in [5, 5.41) is 0. The lowest BCUT2D eigenvalue weighted by atomic mass is 9.99. The van der Waals surface area contributed by atoms with Gasteiger partial charge in [0.25, 0.3) is 0 Å². The van der Waals surface area contributed by atoms with Crippen molar-refractivity contribution >= 4 is 11.8 Å². The van der Waals surface area contributed by atoms with E-state index >= 15 is 0 Å². The summed E-state index contributed by atoms with van der Waals surface area (Å²) < 4.78 is 0. The predicted octanol–water partition coefficient (Wildman–Crippen LogP) is 1.73. The number of carbonyl (C=O) groups excluding carboxylic acids is 2. The van der Waals surface area contributed by atoms with Crippen LogP contribution in [-0.4, -0.2) is 29.3 Å². The molecule has 1 aliphatic heterocycles. The van der Waals surface area contributed by atoms with Gasteiger partial charge in [-0.25, -0.2) is 0 Å². The van der Waals surface area contributed by atoms with E-state index in [-0.39, 0.29) is 5.91 Å². The van der Waals surface area contributed by atoms with Gasteiger partial charge < -0.3 is 10.6 Å². The van der Waals surface area contributed by atoms with Crippen molar-refractivity contribution in [2.24, 2.45) is 11.7 Å². The predicted molar refractivity (Wildman–Crippen MR) is 77.9 cm³/mol. The second-order valence-corrected chi connectivity index (χ2v) is 5.47. The van der Waals surface area contributed by atoms with Crippen LogP contribution in [-0.2, 0) is 16.0 Å². The molecule has 2 N–H and O–H groups in total. The van der Waals surface area contributed by atoms with E-state index in [1.165, 1.54) is 5.56 Å². The summed E-state index contributed by atoms with van der Waals surface area (Å²) in [6.45, 7) is 2.55. The van der Waals surface area contributed by atoms with Crippen molar-refractivity contribution in [1.29, 1.82) is 0 Å². The highest BCUT2D eigenvalue weighted by molar-refractivity contribution is 5.87. The van der Waals surface area contributed by atoms with E-state index in [9.17, 15) is 9.59 Å². The van der Waals surface area contributed by atoms with Crippen LogP contribution in [0.4, 0.5) is 0 Å². The lowest BCUT2D eigenvalue weighted by Gasteiger charge is -2.24. The minimum Gasteiger partial charge on any atom is -0.368 e. The molecule has 108 valence electrons. The second kappa shape index (κ2) is 6.55. The van der Waals surface area contributed by atoms with Crippen LogP contribution >= 0.6 is 0 Å². The van der Waals surface area contributed by atoms with Gasteiger partial charge in [-0.15, -0.1) is 0 Å². The number of benzene rings is 1. The van der Waals surface area contributed by atoms with Crippen LogP contribution in [0.1, 0.15) is 31.7 Å². The third kappa shape index (κ3) is 3.38. The van der Waals surface area contributed by atoms with E-state index < -0.39 is 11.9 Å². The normalized spacial score (nSPS) is 20.1. The molecule has 2 unspecified atom stereocenters. The van der Waals surface area contributed by atoms with Gasteiger partial charge in [0, 0.05) is 13.0 Å². The summed E-state index contributed by atoms with van der Waals surface area (Å²) in [5.74, 6) is -0.00521. The van der Waals surface area contributed by atoms with E-state index in [0.29, 0.717) is 25.3 Å². The van der Waals surface area contributed by atoms with Crippen molar-refractivity contribution in [2.75, 3.05) is 6.54 Å². The van der Waals surface area contributed by atoms with E-state index in [1.54, 1.807) is 4.90 Å². The van der Waals surface area contributed by atoms with Crippen LogP contribution in [0.2, 0.25) is 0 Å². The number of hydrogen-bond donors (Lipinski definition) is 1. The van der Waals surface area contributed by atoms with E-state index in [0.717, 1.165) is 12.8 Å². The number of nitrogens with zero attached hydrogens (tertiary/aromatic N) is 1. The fourth-order valence-electron chi connectivity index (χ4n) is 2.89. The van der Waals surface area contributed by atoms with Gasteiger partial charge in [0.05, 0.1) is 0 Å². The van der Waals surface area contributed by atoms with Crippen LogP contribution < -0.4 is 5.73 Å². The van der Waals surface area contributed by atoms with Crippen molar-refractivity contribution in [3.63, 3.8) is 0 Å². The molecule has 0 aromatic heterocycles. The standard InChI is InChI=1S/C16H22N2O2/c1-2-14(16(17)20)18-11-13(10-15(18)19)9-8-12-6-4-3-5-7-12/h3-7,13-14H,2,8-11H2,1H3,(H2,17,20). The lowest BCUT2D eigenvalue weighted by Crippen LogP contribution is -2.45. The van der Waals surface area contributed by atoms with Crippen LogP contribution in [0.3, 0.4) is 0 Å². The van der Waals surface area contributed by atoms with Crippen molar-refractivity contribution in [3.8, 4) is 0 Å². The number of amides is 2. The molecule has 0 radical (unpaired) electrons. The molecule has 20 heavy (non-hydrogen) atoms. The Morgan fingerprint density at radius 3 is 2.70 bits per heavy atom. The zero-order chi connectivity index (χ0) is 14.5. The van der Waals surface area contributed by atoms with Crippen LogP contribution in [0.5, 0.6) is 0 Å². The number of hydrogen-bond acceptors (Lipinski definition) is 2. The number of carbonyl (C=O) groups is 2. The Bertz CT molecular complexity index is 473. The van der Waals surface area contributed by atoms with E-state index in [1.807, 2.05) is 25.1 Å². The van der Waals surface area contributed by atoms with Crippen molar-refractivity contribution in [2.45, 2.75) is 38.6 Å². The number of primary amides is 1. The molecule has 4 nitrogen and oxygen atoms in total. The molecule has 1 aliphatic rings. The van der Waals surface area contributed by atoms with E-state index in [2.05, 4.69) is 12.1 Å². The number of rotatable bonds is 6. The van der Waals surface area contributed by atoms with Gasteiger partial charge in [-0.2, -0.15) is 0 Å². The highest BCUT2D eigenvalue weighted by atomic mass is 16.2. The van der Waals surface area contributed by atoms with Gasteiger partial charge in [-0.1, -0.05) is 37.3 Å². The first-order valence-electron chi connectivity index (χ1n) is 7.24. The molecule has 1 aromatic carbocycles. The molecule has 2 amide bonds. The molecular formula is C16H22N2O2.